The summed E-state index contributed by atoms with van der Waals surface area (Å²) in [6.45, 7) is 0. The highest BCUT2D eigenvalue weighted by atomic mass is 79.9. The minimum Gasteiger partial charge on any atom is -0.460 e. The number of halogens is 1. The molecule has 0 aliphatic heterocycles. The highest BCUT2D eigenvalue weighted by molar-refractivity contribution is 9.10. The summed E-state index contributed by atoms with van der Waals surface area (Å²) >= 11 is 3.29. The zero-order valence-electron chi connectivity index (χ0n) is 6.49. The van der Waals surface area contributed by atoms with Crippen LogP contribution in [0, 0.1) is 0 Å². The van der Waals surface area contributed by atoms with Gasteiger partial charge in [-0.25, -0.2) is 0 Å². The summed E-state index contributed by atoms with van der Waals surface area (Å²) in [4.78, 5) is 10.3. The molecule has 2 aromatic rings. The topological polar surface area (TPSA) is 43.4 Å². The van der Waals surface area contributed by atoms with E-state index in [4.69, 9.17) is 8.83 Å². The molecule has 0 bridgehead atoms. The van der Waals surface area contributed by atoms with Gasteiger partial charge in [-0.3, -0.25) is 4.79 Å². The molecular formula is C9H5BrO3. The van der Waals surface area contributed by atoms with Gasteiger partial charge in [0.15, 0.2) is 23.6 Å². The van der Waals surface area contributed by atoms with Gasteiger partial charge in [0, 0.05) is 0 Å². The van der Waals surface area contributed by atoms with E-state index in [9.17, 15) is 4.79 Å². The third-order valence-corrected chi connectivity index (χ3v) is 2.21. The Labute approximate surface area is 82.5 Å². The van der Waals surface area contributed by atoms with Crippen LogP contribution in [0.15, 0.2) is 37.8 Å². The van der Waals surface area contributed by atoms with Crippen LogP contribution in [0.1, 0.15) is 10.6 Å². The van der Waals surface area contributed by atoms with Crippen molar-refractivity contribution in [1.29, 1.82) is 0 Å². The largest absolute Gasteiger partial charge is 0.460 e. The zero-order chi connectivity index (χ0) is 9.26. The number of furan rings is 2. The van der Waals surface area contributed by atoms with Crippen molar-refractivity contribution in [3.63, 3.8) is 0 Å². The van der Waals surface area contributed by atoms with E-state index in [0.717, 1.165) is 4.47 Å². The van der Waals surface area contributed by atoms with Crippen LogP contribution >= 0.6 is 15.9 Å². The maximum absolute atomic E-state index is 10.3. The van der Waals surface area contributed by atoms with E-state index in [2.05, 4.69) is 15.9 Å². The molecule has 2 aromatic heterocycles. The number of carbonyl (C=O) groups excluding carboxylic acids is 1. The summed E-state index contributed by atoms with van der Waals surface area (Å²) < 4.78 is 11.1. The first-order valence-corrected chi connectivity index (χ1v) is 4.39. The summed E-state index contributed by atoms with van der Waals surface area (Å²) in [7, 11) is 0. The van der Waals surface area contributed by atoms with Gasteiger partial charge in [-0.15, -0.1) is 0 Å². The van der Waals surface area contributed by atoms with Crippen LogP contribution in [0.5, 0.6) is 0 Å². The first-order chi connectivity index (χ1) is 6.31. The Hall–Kier alpha value is -1.29. The minimum absolute atomic E-state index is 0.290. The van der Waals surface area contributed by atoms with Crippen molar-refractivity contribution in [1.82, 2.24) is 0 Å². The summed E-state index contributed by atoms with van der Waals surface area (Å²) in [5.74, 6) is 1.42. The van der Waals surface area contributed by atoms with Crippen LogP contribution in [0.2, 0.25) is 0 Å². The maximum Gasteiger partial charge on any atom is 0.185 e. The van der Waals surface area contributed by atoms with E-state index in [1.807, 2.05) is 0 Å². The van der Waals surface area contributed by atoms with Crippen molar-refractivity contribution in [2.24, 2.45) is 0 Å². The van der Waals surface area contributed by atoms with Gasteiger partial charge >= 0.3 is 0 Å². The molecule has 3 nitrogen and oxygen atoms in total. The Bertz CT molecular complexity index is 428. The molecule has 0 spiro atoms. The predicted octanol–water partition coefficient (Wildman–Crippen LogP) is 3.11. The molecule has 66 valence electrons. The molecule has 0 aromatic carbocycles. The van der Waals surface area contributed by atoms with Crippen molar-refractivity contribution in [2.45, 2.75) is 0 Å². The van der Waals surface area contributed by atoms with Crippen molar-refractivity contribution in [3.8, 4) is 11.5 Å². The second-order valence-corrected chi connectivity index (χ2v) is 3.27. The van der Waals surface area contributed by atoms with Gasteiger partial charge in [0.25, 0.3) is 0 Å². The quantitative estimate of drug-likeness (QED) is 0.758. The van der Waals surface area contributed by atoms with Crippen LogP contribution in [-0.2, 0) is 0 Å². The zero-order valence-corrected chi connectivity index (χ0v) is 8.08. The van der Waals surface area contributed by atoms with Crippen LogP contribution in [0.4, 0.5) is 0 Å². The number of hydrogen-bond donors (Lipinski definition) is 0. The fraction of sp³-hybridized carbons (Fsp3) is 0. The third kappa shape index (κ3) is 1.45. The van der Waals surface area contributed by atoms with Crippen molar-refractivity contribution in [3.05, 3.63) is 34.7 Å². The lowest BCUT2D eigenvalue weighted by molar-refractivity contribution is 0.110. The average Bonchev–Trinajstić information content (AvgIpc) is 2.71. The van der Waals surface area contributed by atoms with Gasteiger partial charge < -0.3 is 8.83 Å². The SMILES string of the molecule is O=Cc1ccc(-c2occc2Br)o1. The molecular weight excluding hydrogens is 236 g/mol. The Morgan fingerprint density at radius 2 is 2.15 bits per heavy atom. The van der Waals surface area contributed by atoms with Crippen molar-refractivity contribution < 1.29 is 13.6 Å². The van der Waals surface area contributed by atoms with Crippen LogP contribution in [0.3, 0.4) is 0 Å². The Kier molecular flexibility index (Phi) is 2.06. The summed E-state index contributed by atoms with van der Waals surface area (Å²) in [5, 5.41) is 0. The molecule has 0 aliphatic rings. The van der Waals surface area contributed by atoms with Gasteiger partial charge in [0.2, 0.25) is 0 Å². The molecule has 0 amide bonds. The Morgan fingerprint density at radius 3 is 2.69 bits per heavy atom. The number of hydrogen-bond acceptors (Lipinski definition) is 3. The predicted molar refractivity (Wildman–Crippen MR) is 49.5 cm³/mol. The van der Waals surface area contributed by atoms with Crippen molar-refractivity contribution in [2.75, 3.05) is 0 Å². The smallest absolute Gasteiger partial charge is 0.185 e. The van der Waals surface area contributed by atoms with Gasteiger partial charge in [-0.05, 0) is 34.1 Å². The van der Waals surface area contributed by atoms with Gasteiger partial charge in [0.05, 0.1) is 10.7 Å². The molecule has 0 fully saturated rings. The summed E-state index contributed by atoms with van der Waals surface area (Å²) in [6.07, 6.45) is 2.20. The van der Waals surface area contributed by atoms with Crippen LogP contribution < -0.4 is 0 Å². The first-order valence-electron chi connectivity index (χ1n) is 3.59. The van der Waals surface area contributed by atoms with Crippen LogP contribution in [0.25, 0.3) is 11.5 Å². The van der Waals surface area contributed by atoms with Gasteiger partial charge in [0.1, 0.15) is 0 Å². The lowest BCUT2D eigenvalue weighted by Gasteiger charge is -1.89. The van der Waals surface area contributed by atoms with E-state index < -0.39 is 0 Å². The minimum atomic E-state index is 0.290. The van der Waals surface area contributed by atoms with Crippen molar-refractivity contribution >= 4 is 22.2 Å². The Balaban J connectivity index is 2.46. The molecule has 0 saturated carbocycles. The van der Waals surface area contributed by atoms with E-state index in [0.29, 0.717) is 23.6 Å². The fourth-order valence-electron chi connectivity index (χ4n) is 1.01. The van der Waals surface area contributed by atoms with E-state index in [1.165, 1.54) is 0 Å². The third-order valence-electron chi connectivity index (χ3n) is 1.58. The second kappa shape index (κ2) is 3.22. The average molecular weight is 241 g/mol. The monoisotopic (exact) mass is 240 g/mol. The molecule has 0 aliphatic carbocycles. The molecule has 0 atom stereocenters. The standard InChI is InChI=1S/C9H5BrO3/c10-7-3-4-12-9(7)8-2-1-6(5-11)13-8/h1-5H. The highest BCUT2D eigenvalue weighted by Gasteiger charge is 2.10. The normalized spacial score (nSPS) is 10.2. The second-order valence-electron chi connectivity index (χ2n) is 2.42. The summed E-state index contributed by atoms with van der Waals surface area (Å²) in [5.41, 5.74) is 0. The highest BCUT2D eigenvalue weighted by Crippen LogP contribution is 2.30. The van der Waals surface area contributed by atoms with E-state index >= 15 is 0 Å². The lowest BCUT2D eigenvalue weighted by atomic mass is 10.3. The van der Waals surface area contributed by atoms with Gasteiger partial charge in [-0.1, -0.05) is 0 Å². The molecule has 0 unspecified atom stereocenters. The summed E-state index contributed by atoms with van der Waals surface area (Å²) in [6, 6.07) is 5.04. The lowest BCUT2D eigenvalue weighted by Crippen LogP contribution is -1.70. The molecule has 0 N–H and O–H groups in total. The number of aldehydes is 1. The van der Waals surface area contributed by atoms with E-state index in [1.54, 1.807) is 24.5 Å². The molecule has 4 heteroatoms. The molecule has 13 heavy (non-hydrogen) atoms. The van der Waals surface area contributed by atoms with E-state index in [-0.39, 0.29) is 0 Å². The Morgan fingerprint density at radius 1 is 1.31 bits per heavy atom. The molecule has 0 saturated heterocycles. The number of carbonyl (C=O) groups is 1. The van der Waals surface area contributed by atoms with Crippen LogP contribution in [-0.4, -0.2) is 6.29 Å². The number of rotatable bonds is 2. The fourth-order valence-corrected chi connectivity index (χ4v) is 1.40. The molecule has 2 rings (SSSR count). The molecule has 2 heterocycles. The van der Waals surface area contributed by atoms with Gasteiger partial charge in [-0.2, -0.15) is 0 Å². The maximum atomic E-state index is 10.3. The first kappa shape index (κ1) is 8.31. The molecule has 0 radical (unpaired) electrons.